The average molecular weight is 421 g/mol. The number of benzene rings is 2. The van der Waals surface area contributed by atoms with Gasteiger partial charge in [-0.3, -0.25) is 0 Å². The van der Waals surface area contributed by atoms with Crippen LogP contribution in [0.25, 0.3) is 0 Å². The molecule has 1 spiro atoms. The lowest BCUT2D eigenvalue weighted by Crippen LogP contribution is -2.51. The van der Waals surface area contributed by atoms with Crippen molar-refractivity contribution in [3.63, 3.8) is 0 Å². The molecule has 1 saturated heterocycles. The van der Waals surface area contributed by atoms with Gasteiger partial charge < -0.3 is 19.3 Å². The van der Waals surface area contributed by atoms with Crippen LogP contribution < -0.4 is 4.74 Å². The second-order valence-electron chi connectivity index (χ2n) is 8.87. The molecule has 6 heteroatoms. The van der Waals surface area contributed by atoms with Crippen molar-refractivity contribution in [1.82, 2.24) is 9.80 Å². The van der Waals surface area contributed by atoms with Crippen molar-refractivity contribution in [3.05, 3.63) is 64.2 Å². The maximum absolute atomic E-state index is 12.7. The Bertz CT molecular complexity index is 1040. The maximum atomic E-state index is 12.7. The summed E-state index contributed by atoms with van der Waals surface area (Å²) >= 11 is 0. The molecule has 3 aliphatic rings. The third kappa shape index (κ3) is 3.34. The summed E-state index contributed by atoms with van der Waals surface area (Å²) in [7, 11) is 1.37. The zero-order valence-electron chi connectivity index (χ0n) is 18.1. The Morgan fingerprint density at radius 2 is 1.42 bits per heavy atom. The molecule has 2 aromatic rings. The zero-order valence-corrected chi connectivity index (χ0v) is 18.1. The van der Waals surface area contributed by atoms with Crippen LogP contribution in [0.1, 0.15) is 40.7 Å². The van der Waals surface area contributed by atoms with Gasteiger partial charge in [0.05, 0.1) is 7.11 Å². The summed E-state index contributed by atoms with van der Waals surface area (Å²) in [5.41, 5.74) is 6.92. The van der Waals surface area contributed by atoms with Crippen molar-refractivity contribution in [1.29, 1.82) is 0 Å². The Balaban J connectivity index is 1.34. The van der Waals surface area contributed by atoms with Gasteiger partial charge in [0.25, 0.3) is 0 Å². The van der Waals surface area contributed by atoms with Gasteiger partial charge in [-0.25, -0.2) is 9.59 Å². The Morgan fingerprint density at radius 3 is 2.06 bits per heavy atom. The number of carbonyl (C=O) groups excluding carboxylic acids is 2. The van der Waals surface area contributed by atoms with Crippen molar-refractivity contribution < 1.29 is 19.1 Å². The molecular weight excluding hydrogens is 392 g/mol. The standard InChI is InChI=1S/C25H28N2O4/c1-17-3-4-18-7-9-25(21(18)15-17)10-8-19-5-6-20(16-22(19)25)31-24(29)27-13-11-26(12-14-27)23(28)30-2/h3-6,15-16H,7-14H2,1-2H3. The molecule has 2 aliphatic carbocycles. The molecule has 0 aromatic heterocycles. The van der Waals surface area contributed by atoms with E-state index in [2.05, 4.69) is 37.3 Å². The second kappa shape index (κ2) is 7.59. The number of aryl methyl sites for hydroxylation is 3. The van der Waals surface area contributed by atoms with Crippen LogP contribution in [0.2, 0.25) is 0 Å². The van der Waals surface area contributed by atoms with Gasteiger partial charge in [-0.15, -0.1) is 0 Å². The predicted octanol–water partition coefficient (Wildman–Crippen LogP) is 4.06. The number of fused-ring (bicyclic) bond motifs is 4. The van der Waals surface area contributed by atoms with E-state index in [-0.39, 0.29) is 17.6 Å². The predicted molar refractivity (Wildman–Crippen MR) is 117 cm³/mol. The Hall–Kier alpha value is -3.02. The van der Waals surface area contributed by atoms with Crippen molar-refractivity contribution in [2.45, 2.75) is 38.0 Å². The van der Waals surface area contributed by atoms with Crippen LogP contribution in [0.3, 0.4) is 0 Å². The highest BCUT2D eigenvalue weighted by Crippen LogP contribution is 2.53. The fraction of sp³-hybridized carbons (Fsp3) is 0.440. The lowest BCUT2D eigenvalue weighted by atomic mass is 9.76. The molecule has 0 radical (unpaired) electrons. The van der Waals surface area contributed by atoms with E-state index in [1.165, 1.54) is 34.9 Å². The number of nitrogens with zero attached hydrogens (tertiary/aromatic N) is 2. The number of carbonyl (C=O) groups is 2. The van der Waals surface area contributed by atoms with Crippen LogP contribution >= 0.6 is 0 Å². The molecule has 1 unspecified atom stereocenters. The van der Waals surface area contributed by atoms with E-state index in [4.69, 9.17) is 9.47 Å². The molecule has 0 N–H and O–H groups in total. The van der Waals surface area contributed by atoms with Crippen molar-refractivity contribution in [2.24, 2.45) is 0 Å². The third-order valence-corrected chi connectivity index (χ3v) is 7.20. The van der Waals surface area contributed by atoms with E-state index in [0.29, 0.717) is 31.9 Å². The number of rotatable bonds is 1. The first kappa shape index (κ1) is 19.9. The second-order valence-corrected chi connectivity index (χ2v) is 8.87. The van der Waals surface area contributed by atoms with Crippen LogP contribution in [0.4, 0.5) is 9.59 Å². The van der Waals surface area contributed by atoms with Gasteiger partial charge in [-0.1, -0.05) is 29.8 Å². The highest BCUT2D eigenvalue weighted by atomic mass is 16.6. The molecule has 1 atom stereocenters. The van der Waals surface area contributed by atoms with E-state index >= 15 is 0 Å². The topological polar surface area (TPSA) is 59.1 Å². The van der Waals surface area contributed by atoms with Crippen LogP contribution in [0.5, 0.6) is 5.75 Å². The van der Waals surface area contributed by atoms with E-state index in [0.717, 1.165) is 25.7 Å². The normalized spacial score (nSPS) is 21.7. The summed E-state index contributed by atoms with van der Waals surface area (Å²) in [6, 6.07) is 12.9. The lowest BCUT2D eigenvalue weighted by molar-refractivity contribution is 0.0869. The van der Waals surface area contributed by atoms with Gasteiger partial charge in [-0.2, -0.15) is 0 Å². The molecule has 1 aliphatic heterocycles. The zero-order chi connectivity index (χ0) is 21.6. The quantitative estimate of drug-likeness (QED) is 0.698. The van der Waals surface area contributed by atoms with Crippen LogP contribution in [0, 0.1) is 6.92 Å². The molecule has 0 bridgehead atoms. The largest absolute Gasteiger partial charge is 0.453 e. The molecule has 5 rings (SSSR count). The Morgan fingerprint density at radius 1 is 0.839 bits per heavy atom. The minimum Gasteiger partial charge on any atom is -0.453 e. The monoisotopic (exact) mass is 420 g/mol. The summed E-state index contributed by atoms with van der Waals surface area (Å²) in [6.07, 6.45) is 3.68. The molecule has 162 valence electrons. The third-order valence-electron chi connectivity index (χ3n) is 7.20. The van der Waals surface area contributed by atoms with Crippen molar-refractivity contribution in [2.75, 3.05) is 33.3 Å². The maximum Gasteiger partial charge on any atom is 0.415 e. The highest BCUT2D eigenvalue weighted by Gasteiger charge is 2.44. The van der Waals surface area contributed by atoms with Gasteiger partial charge in [0, 0.05) is 31.6 Å². The molecular formula is C25H28N2O4. The summed E-state index contributed by atoms with van der Waals surface area (Å²) in [5.74, 6) is 0.599. The number of hydrogen-bond donors (Lipinski definition) is 0. The van der Waals surface area contributed by atoms with E-state index in [1.54, 1.807) is 9.80 Å². The summed E-state index contributed by atoms with van der Waals surface area (Å²) in [4.78, 5) is 27.6. The minimum atomic E-state index is -0.362. The SMILES string of the molecule is COC(=O)N1CCN(C(=O)Oc2ccc3c(c2)C2(CCc4ccc(C)cc42)CC3)CC1. The van der Waals surface area contributed by atoms with Crippen LogP contribution in [-0.4, -0.2) is 55.3 Å². The fourth-order valence-electron chi connectivity index (χ4n) is 5.51. The lowest BCUT2D eigenvalue weighted by Gasteiger charge is -2.33. The molecule has 2 amide bonds. The first-order chi connectivity index (χ1) is 15.0. The number of piperazine rings is 1. The van der Waals surface area contributed by atoms with E-state index in [9.17, 15) is 9.59 Å². The summed E-state index contributed by atoms with van der Waals surface area (Å²) in [5, 5.41) is 0. The van der Waals surface area contributed by atoms with Crippen LogP contribution in [-0.2, 0) is 23.0 Å². The minimum absolute atomic E-state index is 0.0469. The average Bonchev–Trinajstić information content (AvgIpc) is 3.35. The molecule has 6 nitrogen and oxygen atoms in total. The fourth-order valence-corrected chi connectivity index (χ4v) is 5.51. The molecule has 31 heavy (non-hydrogen) atoms. The van der Waals surface area contributed by atoms with Crippen LogP contribution in [0.15, 0.2) is 36.4 Å². The van der Waals surface area contributed by atoms with E-state index < -0.39 is 0 Å². The van der Waals surface area contributed by atoms with Gasteiger partial charge in [0.1, 0.15) is 5.75 Å². The number of ether oxygens (including phenoxy) is 2. The van der Waals surface area contributed by atoms with Crippen molar-refractivity contribution in [3.8, 4) is 5.75 Å². The first-order valence-corrected chi connectivity index (χ1v) is 11.0. The molecule has 1 heterocycles. The van der Waals surface area contributed by atoms with E-state index in [1.807, 2.05) is 6.07 Å². The highest BCUT2D eigenvalue weighted by molar-refractivity contribution is 5.72. The van der Waals surface area contributed by atoms with Gasteiger partial charge in [0.15, 0.2) is 0 Å². The number of hydrogen-bond acceptors (Lipinski definition) is 4. The molecule has 0 saturated carbocycles. The van der Waals surface area contributed by atoms with Gasteiger partial charge >= 0.3 is 12.2 Å². The number of amides is 2. The smallest absolute Gasteiger partial charge is 0.415 e. The first-order valence-electron chi connectivity index (χ1n) is 11.0. The summed E-state index contributed by atoms with van der Waals surface area (Å²) in [6.45, 7) is 3.93. The molecule has 2 aromatic carbocycles. The Kier molecular flexibility index (Phi) is 4.88. The van der Waals surface area contributed by atoms with Gasteiger partial charge in [-0.05, 0) is 67.0 Å². The Labute approximate surface area is 182 Å². The summed E-state index contributed by atoms with van der Waals surface area (Å²) < 4.78 is 10.5. The van der Waals surface area contributed by atoms with Gasteiger partial charge in [0.2, 0.25) is 0 Å². The number of methoxy groups -OCH3 is 1. The molecule has 1 fully saturated rings. The van der Waals surface area contributed by atoms with Crippen molar-refractivity contribution >= 4 is 12.2 Å².